The van der Waals surface area contributed by atoms with E-state index in [0.29, 0.717) is 35.1 Å². The summed E-state index contributed by atoms with van der Waals surface area (Å²) in [6.07, 6.45) is 4.15. The fourth-order valence-corrected chi connectivity index (χ4v) is 6.93. The molecule has 1 aromatic carbocycles. The van der Waals surface area contributed by atoms with E-state index in [0.717, 1.165) is 42.5 Å². The second kappa shape index (κ2) is 10.1. The minimum Gasteiger partial charge on any atom is -0.365 e. The predicted octanol–water partition coefficient (Wildman–Crippen LogP) is 4.03. The molecule has 2 amide bonds. The number of primary amides is 1. The Morgan fingerprint density at radius 3 is 2.34 bits per heavy atom. The molecule has 3 N–H and O–H groups in total. The van der Waals surface area contributed by atoms with Crippen LogP contribution in [0.2, 0.25) is 0 Å². The number of hydrogen-bond donors (Lipinski definition) is 2. The van der Waals surface area contributed by atoms with Crippen LogP contribution in [0.5, 0.6) is 0 Å². The molecule has 0 bridgehead atoms. The minimum absolute atomic E-state index is 0.161. The summed E-state index contributed by atoms with van der Waals surface area (Å²) in [6, 6.07) is 5.91. The molecule has 0 saturated carbocycles. The Kier molecular flexibility index (Phi) is 7.74. The van der Waals surface area contributed by atoms with E-state index in [1.807, 2.05) is 13.8 Å². The van der Waals surface area contributed by atoms with Crippen LogP contribution in [0.15, 0.2) is 29.2 Å². The van der Waals surface area contributed by atoms with Crippen molar-refractivity contribution in [1.82, 2.24) is 4.31 Å². The van der Waals surface area contributed by atoms with Gasteiger partial charge >= 0.3 is 0 Å². The van der Waals surface area contributed by atoms with Gasteiger partial charge in [-0.2, -0.15) is 4.31 Å². The summed E-state index contributed by atoms with van der Waals surface area (Å²) in [5, 5.41) is 3.29. The lowest BCUT2D eigenvalue weighted by Gasteiger charge is -2.21. The number of nitrogens with one attached hydrogen (secondary N) is 1. The number of nitrogens with zero attached hydrogens (tertiary/aromatic N) is 1. The molecule has 0 spiro atoms. The second-order valence-electron chi connectivity index (χ2n) is 8.30. The zero-order valence-electron chi connectivity index (χ0n) is 18.8. The molecule has 3 rings (SSSR count). The van der Waals surface area contributed by atoms with Crippen LogP contribution in [0.25, 0.3) is 0 Å². The van der Waals surface area contributed by atoms with Crippen LogP contribution >= 0.6 is 11.3 Å². The fraction of sp³-hybridized carbons (Fsp3) is 0.478. The Hall–Kier alpha value is -2.23. The summed E-state index contributed by atoms with van der Waals surface area (Å²) in [5.41, 5.74) is 7.30. The van der Waals surface area contributed by atoms with Gasteiger partial charge in [0.15, 0.2) is 0 Å². The molecule has 1 aliphatic carbocycles. The molecular formula is C23H31N3O4S2. The SMILES string of the molecule is CCCN(CCC)S(=O)(=O)c1ccc(C(=O)Nc2sc3c(c2C(N)=O)C[C@@H](C)CC3)cc1. The average Bonchev–Trinajstić information content (AvgIpc) is 3.10. The summed E-state index contributed by atoms with van der Waals surface area (Å²) in [7, 11) is -3.61. The number of nitrogens with two attached hydrogens (primary N) is 1. The highest BCUT2D eigenvalue weighted by Gasteiger charge is 2.28. The molecule has 1 heterocycles. The number of hydrogen-bond acceptors (Lipinski definition) is 5. The molecule has 9 heteroatoms. The van der Waals surface area contributed by atoms with E-state index < -0.39 is 21.8 Å². The Bertz CT molecular complexity index is 1090. The van der Waals surface area contributed by atoms with Gasteiger partial charge in [0.05, 0.1) is 10.5 Å². The zero-order valence-corrected chi connectivity index (χ0v) is 20.4. The summed E-state index contributed by atoms with van der Waals surface area (Å²) < 4.78 is 27.3. The van der Waals surface area contributed by atoms with Crippen molar-refractivity contribution in [3.05, 3.63) is 45.8 Å². The largest absolute Gasteiger partial charge is 0.365 e. The third-order valence-electron chi connectivity index (χ3n) is 5.68. The van der Waals surface area contributed by atoms with Gasteiger partial charge in [0.25, 0.3) is 11.8 Å². The van der Waals surface area contributed by atoms with E-state index in [-0.39, 0.29) is 4.90 Å². The van der Waals surface area contributed by atoms with E-state index >= 15 is 0 Å². The van der Waals surface area contributed by atoms with Crippen LogP contribution in [0.4, 0.5) is 5.00 Å². The zero-order chi connectivity index (χ0) is 23.5. The third kappa shape index (κ3) is 5.05. The Labute approximate surface area is 194 Å². The molecular weight excluding hydrogens is 446 g/mol. The molecule has 1 aliphatic rings. The first-order chi connectivity index (χ1) is 15.2. The molecule has 0 saturated heterocycles. The molecule has 32 heavy (non-hydrogen) atoms. The maximum atomic E-state index is 12.9. The third-order valence-corrected chi connectivity index (χ3v) is 8.80. The van der Waals surface area contributed by atoms with E-state index in [4.69, 9.17) is 5.73 Å². The summed E-state index contributed by atoms with van der Waals surface area (Å²) in [6.45, 7) is 6.93. The van der Waals surface area contributed by atoms with Gasteiger partial charge in [-0.05, 0) is 67.9 Å². The number of aryl methyl sites for hydroxylation is 1. The predicted molar refractivity (Wildman–Crippen MR) is 128 cm³/mol. The van der Waals surface area contributed by atoms with E-state index in [9.17, 15) is 18.0 Å². The van der Waals surface area contributed by atoms with Crippen molar-refractivity contribution in [3.8, 4) is 0 Å². The number of fused-ring (bicyclic) bond motifs is 1. The van der Waals surface area contributed by atoms with Crippen molar-refractivity contribution in [2.45, 2.75) is 57.8 Å². The molecule has 7 nitrogen and oxygen atoms in total. The number of benzene rings is 1. The first kappa shape index (κ1) is 24.4. The standard InChI is InChI=1S/C23H31N3O4S2/c1-4-12-26(13-5-2)32(29,30)17-9-7-16(8-10-17)22(28)25-23-20(21(24)27)18-14-15(3)6-11-19(18)31-23/h7-10,15H,4-6,11-14H2,1-3H3,(H2,24,27)(H,25,28)/t15-/m0/s1. The van der Waals surface area contributed by atoms with Gasteiger partial charge in [-0.1, -0.05) is 20.8 Å². The van der Waals surface area contributed by atoms with E-state index in [1.54, 1.807) is 0 Å². The van der Waals surface area contributed by atoms with Crippen molar-refractivity contribution in [2.75, 3.05) is 18.4 Å². The molecule has 0 unspecified atom stereocenters. The van der Waals surface area contributed by atoms with Crippen LogP contribution in [-0.2, 0) is 22.9 Å². The monoisotopic (exact) mass is 477 g/mol. The number of sulfonamides is 1. The van der Waals surface area contributed by atoms with Gasteiger partial charge in [-0.25, -0.2) is 8.42 Å². The minimum atomic E-state index is -3.61. The van der Waals surface area contributed by atoms with E-state index in [2.05, 4.69) is 12.2 Å². The van der Waals surface area contributed by atoms with Crippen LogP contribution in [0.3, 0.4) is 0 Å². The number of rotatable bonds is 9. The lowest BCUT2D eigenvalue weighted by molar-refractivity contribution is 0.1000. The highest BCUT2D eigenvalue weighted by molar-refractivity contribution is 7.89. The number of thiophene rings is 1. The smallest absolute Gasteiger partial charge is 0.256 e. The maximum absolute atomic E-state index is 12.9. The normalized spacial score (nSPS) is 16.1. The van der Waals surface area contributed by atoms with Crippen LogP contribution < -0.4 is 11.1 Å². The highest BCUT2D eigenvalue weighted by Crippen LogP contribution is 2.39. The van der Waals surface area contributed by atoms with Gasteiger partial charge < -0.3 is 11.1 Å². The van der Waals surface area contributed by atoms with Crippen molar-refractivity contribution in [2.24, 2.45) is 11.7 Å². The van der Waals surface area contributed by atoms with Gasteiger partial charge in [-0.3, -0.25) is 9.59 Å². The van der Waals surface area contributed by atoms with Gasteiger partial charge in [0.1, 0.15) is 5.00 Å². The van der Waals surface area contributed by atoms with Crippen LogP contribution in [0, 0.1) is 5.92 Å². The molecule has 1 atom stereocenters. The number of carbonyl (C=O) groups excluding carboxylic acids is 2. The first-order valence-electron chi connectivity index (χ1n) is 11.0. The summed E-state index contributed by atoms with van der Waals surface area (Å²) >= 11 is 1.40. The van der Waals surface area contributed by atoms with Gasteiger partial charge in [0.2, 0.25) is 10.0 Å². The lowest BCUT2D eigenvalue weighted by Crippen LogP contribution is -2.32. The van der Waals surface area contributed by atoms with Gasteiger partial charge in [-0.15, -0.1) is 11.3 Å². The number of carbonyl (C=O) groups is 2. The van der Waals surface area contributed by atoms with Gasteiger partial charge in [0, 0.05) is 23.5 Å². The fourth-order valence-electron chi connectivity index (χ4n) is 4.06. The molecule has 0 radical (unpaired) electrons. The molecule has 0 aliphatic heterocycles. The van der Waals surface area contributed by atoms with Crippen molar-refractivity contribution in [3.63, 3.8) is 0 Å². The van der Waals surface area contributed by atoms with E-state index in [1.165, 1.54) is 39.9 Å². The topological polar surface area (TPSA) is 110 Å². The second-order valence-corrected chi connectivity index (χ2v) is 11.3. The molecule has 2 aromatic rings. The quantitative estimate of drug-likeness (QED) is 0.568. The Morgan fingerprint density at radius 2 is 1.78 bits per heavy atom. The Morgan fingerprint density at radius 1 is 1.16 bits per heavy atom. The lowest BCUT2D eigenvalue weighted by atomic mass is 9.87. The average molecular weight is 478 g/mol. The number of amides is 2. The first-order valence-corrected chi connectivity index (χ1v) is 13.3. The maximum Gasteiger partial charge on any atom is 0.256 e. The molecule has 0 fully saturated rings. The molecule has 1 aromatic heterocycles. The molecule has 174 valence electrons. The van der Waals surface area contributed by atoms with Crippen LogP contribution in [0.1, 0.15) is 71.2 Å². The summed E-state index contributed by atoms with van der Waals surface area (Å²) in [4.78, 5) is 26.2. The van der Waals surface area contributed by atoms with Crippen molar-refractivity contribution >= 4 is 38.2 Å². The van der Waals surface area contributed by atoms with Crippen LogP contribution in [-0.4, -0.2) is 37.6 Å². The van der Waals surface area contributed by atoms with Crippen molar-refractivity contribution in [1.29, 1.82) is 0 Å². The summed E-state index contributed by atoms with van der Waals surface area (Å²) in [5.74, 6) is -0.476. The van der Waals surface area contributed by atoms with Crippen molar-refractivity contribution < 1.29 is 18.0 Å². The highest BCUT2D eigenvalue weighted by atomic mass is 32.2. The Balaban J connectivity index is 1.82. The number of anilines is 1.